The number of carbonyl (C=O) groups excluding carboxylic acids is 1. The summed E-state index contributed by atoms with van der Waals surface area (Å²) in [5.41, 5.74) is 3.29. The highest BCUT2D eigenvalue weighted by Gasteiger charge is 2.26. The molecule has 2 rings (SSSR count). The monoisotopic (exact) mass is 246 g/mol. The lowest BCUT2D eigenvalue weighted by molar-refractivity contribution is -0.135. The normalized spacial score (nSPS) is 14.9. The standard InChI is InChI=1S/C13H14N2O3/c1-8-3-4-11(5-9(8)2)15-12(16)6-10(14-15)7-13(17)18/h3-5H,6-7H2,1-2H3,(H,17,18). The minimum absolute atomic E-state index is 0.0826. The first-order valence-corrected chi connectivity index (χ1v) is 5.65. The van der Waals surface area contributed by atoms with Crippen LogP contribution in [0.15, 0.2) is 23.3 Å². The van der Waals surface area contributed by atoms with Crippen LogP contribution < -0.4 is 5.01 Å². The number of rotatable bonds is 3. The number of hydrogen-bond acceptors (Lipinski definition) is 3. The van der Waals surface area contributed by atoms with Crippen LogP contribution in [0.2, 0.25) is 0 Å². The predicted octanol–water partition coefficient (Wildman–Crippen LogP) is 1.87. The second kappa shape index (κ2) is 4.60. The average Bonchev–Trinajstić information content (AvgIpc) is 2.62. The number of aliphatic carboxylic acids is 1. The molecule has 0 aliphatic carbocycles. The van der Waals surface area contributed by atoms with E-state index in [2.05, 4.69) is 5.10 Å². The summed E-state index contributed by atoms with van der Waals surface area (Å²) in [5.74, 6) is -1.15. The molecule has 5 heteroatoms. The summed E-state index contributed by atoms with van der Waals surface area (Å²) in [4.78, 5) is 22.4. The third kappa shape index (κ3) is 2.40. The number of hydrogen-bond donors (Lipinski definition) is 1. The molecule has 0 aromatic heterocycles. The first kappa shape index (κ1) is 12.3. The average molecular weight is 246 g/mol. The van der Waals surface area contributed by atoms with Gasteiger partial charge in [0.2, 0.25) is 0 Å². The van der Waals surface area contributed by atoms with E-state index in [4.69, 9.17) is 5.11 Å². The van der Waals surface area contributed by atoms with Crippen molar-refractivity contribution in [3.8, 4) is 0 Å². The van der Waals surface area contributed by atoms with Gasteiger partial charge in [0.25, 0.3) is 5.91 Å². The molecule has 0 saturated heterocycles. The van der Waals surface area contributed by atoms with Gasteiger partial charge >= 0.3 is 5.97 Å². The Hall–Kier alpha value is -2.17. The molecule has 1 amide bonds. The van der Waals surface area contributed by atoms with Crippen molar-refractivity contribution in [2.45, 2.75) is 26.7 Å². The molecule has 1 aromatic rings. The number of aryl methyl sites for hydroxylation is 2. The quantitative estimate of drug-likeness (QED) is 0.885. The van der Waals surface area contributed by atoms with Crippen molar-refractivity contribution in [1.29, 1.82) is 0 Å². The van der Waals surface area contributed by atoms with Gasteiger partial charge in [-0.1, -0.05) is 6.07 Å². The zero-order valence-corrected chi connectivity index (χ0v) is 10.3. The van der Waals surface area contributed by atoms with Crippen molar-refractivity contribution in [3.05, 3.63) is 29.3 Å². The van der Waals surface area contributed by atoms with Gasteiger partial charge in [-0.2, -0.15) is 5.10 Å². The van der Waals surface area contributed by atoms with E-state index in [0.717, 1.165) is 11.1 Å². The molecule has 0 fully saturated rings. The molecule has 0 atom stereocenters. The molecule has 0 bridgehead atoms. The highest BCUT2D eigenvalue weighted by Crippen LogP contribution is 2.23. The maximum absolute atomic E-state index is 11.8. The van der Waals surface area contributed by atoms with Gasteiger partial charge in [0.15, 0.2) is 0 Å². The predicted molar refractivity (Wildman–Crippen MR) is 67.7 cm³/mol. The van der Waals surface area contributed by atoms with Crippen molar-refractivity contribution in [3.63, 3.8) is 0 Å². The Morgan fingerprint density at radius 2 is 2.11 bits per heavy atom. The van der Waals surface area contributed by atoms with Crippen LogP contribution in [0.1, 0.15) is 24.0 Å². The van der Waals surface area contributed by atoms with Crippen LogP contribution in [-0.2, 0) is 9.59 Å². The highest BCUT2D eigenvalue weighted by atomic mass is 16.4. The van der Waals surface area contributed by atoms with Crippen molar-refractivity contribution < 1.29 is 14.7 Å². The van der Waals surface area contributed by atoms with Gasteiger partial charge in [-0.05, 0) is 37.1 Å². The number of carboxylic acids is 1. The van der Waals surface area contributed by atoms with E-state index in [-0.39, 0.29) is 18.7 Å². The van der Waals surface area contributed by atoms with Crippen LogP contribution in [0.25, 0.3) is 0 Å². The van der Waals surface area contributed by atoms with Crippen molar-refractivity contribution in [2.75, 3.05) is 5.01 Å². The Labute approximate surface area is 105 Å². The van der Waals surface area contributed by atoms with Crippen LogP contribution in [0.4, 0.5) is 5.69 Å². The number of nitrogens with zero attached hydrogens (tertiary/aromatic N) is 2. The number of benzene rings is 1. The molecule has 1 aliphatic heterocycles. The van der Waals surface area contributed by atoms with Gasteiger partial charge in [0.05, 0.1) is 24.2 Å². The minimum atomic E-state index is -0.969. The summed E-state index contributed by atoms with van der Waals surface area (Å²) < 4.78 is 0. The summed E-state index contributed by atoms with van der Waals surface area (Å²) in [6.07, 6.45) is -0.105. The van der Waals surface area contributed by atoms with Gasteiger partial charge in [0.1, 0.15) is 0 Å². The SMILES string of the molecule is Cc1ccc(N2N=C(CC(=O)O)CC2=O)cc1C. The molecule has 1 aromatic carbocycles. The Balaban J connectivity index is 2.27. The molecule has 1 heterocycles. The summed E-state index contributed by atoms with van der Waals surface area (Å²) in [6.45, 7) is 3.95. The highest BCUT2D eigenvalue weighted by molar-refractivity contribution is 6.16. The van der Waals surface area contributed by atoms with Gasteiger partial charge in [-0.3, -0.25) is 9.59 Å². The molecular formula is C13H14N2O3. The maximum Gasteiger partial charge on any atom is 0.309 e. The lowest BCUT2D eigenvalue weighted by Gasteiger charge is -2.13. The summed E-state index contributed by atoms with van der Waals surface area (Å²) in [5, 5.41) is 14.0. The Bertz CT molecular complexity index is 549. The molecule has 18 heavy (non-hydrogen) atoms. The zero-order chi connectivity index (χ0) is 13.3. The maximum atomic E-state index is 11.8. The molecule has 0 radical (unpaired) electrons. The Morgan fingerprint density at radius 1 is 1.39 bits per heavy atom. The second-order valence-electron chi connectivity index (χ2n) is 4.39. The molecule has 0 saturated carbocycles. The number of anilines is 1. The minimum Gasteiger partial charge on any atom is -0.481 e. The smallest absolute Gasteiger partial charge is 0.309 e. The third-order valence-corrected chi connectivity index (χ3v) is 2.92. The summed E-state index contributed by atoms with van der Waals surface area (Å²) >= 11 is 0. The van der Waals surface area contributed by atoms with E-state index in [0.29, 0.717) is 11.4 Å². The molecule has 94 valence electrons. The number of carbonyl (C=O) groups is 2. The van der Waals surface area contributed by atoms with Gasteiger partial charge < -0.3 is 5.11 Å². The van der Waals surface area contributed by atoms with Crippen molar-refractivity contribution >= 4 is 23.3 Å². The lowest BCUT2D eigenvalue weighted by atomic mass is 10.1. The fourth-order valence-electron chi connectivity index (χ4n) is 1.81. The number of hydrazone groups is 1. The van der Waals surface area contributed by atoms with Crippen LogP contribution in [0, 0.1) is 13.8 Å². The third-order valence-electron chi connectivity index (χ3n) is 2.92. The van der Waals surface area contributed by atoms with Crippen LogP contribution >= 0.6 is 0 Å². The second-order valence-corrected chi connectivity index (χ2v) is 4.39. The van der Waals surface area contributed by atoms with E-state index < -0.39 is 5.97 Å². The first-order chi connectivity index (χ1) is 8.47. The molecule has 5 nitrogen and oxygen atoms in total. The van der Waals surface area contributed by atoms with Crippen molar-refractivity contribution in [2.24, 2.45) is 5.10 Å². The van der Waals surface area contributed by atoms with E-state index in [1.165, 1.54) is 5.01 Å². The molecule has 0 spiro atoms. The number of amides is 1. The summed E-state index contributed by atoms with van der Waals surface area (Å²) in [7, 11) is 0. The summed E-state index contributed by atoms with van der Waals surface area (Å²) in [6, 6.07) is 5.61. The van der Waals surface area contributed by atoms with Gasteiger partial charge in [-0.25, -0.2) is 5.01 Å². The van der Waals surface area contributed by atoms with Crippen LogP contribution in [0.5, 0.6) is 0 Å². The zero-order valence-electron chi connectivity index (χ0n) is 10.3. The van der Waals surface area contributed by atoms with Crippen LogP contribution in [0.3, 0.4) is 0 Å². The van der Waals surface area contributed by atoms with Crippen LogP contribution in [-0.4, -0.2) is 22.7 Å². The molecular weight excluding hydrogens is 232 g/mol. The fraction of sp³-hybridized carbons (Fsp3) is 0.308. The van der Waals surface area contributed by atoms with E-state index in [1.54, 1.807) is 0 Å². The Morgan fingerprint density at radius 3 is 2.72 bits per heavy atom. The van der Waals surface area contributed by atoms with Crippen molar-refractivity contribution in [1.82, 2.24) is 0 Å². The largest absolute Gasteiger partial charge is 0.481 e. The molecule has 1 N–H and O–H groups in total. The van der Waals surface area contributed by atoms with E-state index in [1.807, 2.05) is 32.0 Å². The molecule has 1 aliphatic rings. The fourth-order valence-corrected chi connectivity index (χ4v) is 1.81. The first-order valence-electron chi connectivity index (χ1n) is 5.65. The topological polar surface area (TPSA) is 70.0 Å². The van der Waals surface area contributed by atoms with Gasteiger partial charge in [0, 0.05) is 0 Å². The Kier molecular flexibility index (Phi) is 3.14. The number of carboxylic acid groups (broad SMARTS) is 1. The molecule has 0 unspecified atom stereocenters. The van der Waals surface area contributed by atoms with Gasteiger partial charge in [-0.15, -0.1) is 0 Å². The van der Waals surface area contributed by atoms with E-state index in [9.17, 15) is 9.59 Å². The lowest BCUT2D eigenvalue weighted by Crippen LogP contribution is -2.19. The van der Waals surface area contributed by atoms with E-state index >= 15 is 0 Å².